The molecule has 7 heteroatoms. The summed E-state index contributed by atoms with van der Waals surface area (Å²) < 4.78 is 39.9. The van der Waals surface area contributed by atoms with E-state index in [1.54, 1.807) is 6.07 Å². The van der Waals surface area contributed by atoms with Crippen LogP contribution in [0.1, 0.15) is 22.8 Å². The number of hydrogen-bond acceptors (Lipinski definition) is 3. The van der Waals surface area contributed by atoms with Gasteiger partial charge in [0, 0.05) is 0 Å². The Hall–Kier alpha value is -1.74. The fourth-order valence-electron chi connectivity index (χ4n) is 1.23. The van der Waals surface area contributed by atoms with Gasteiger partial charge in [0.05, 0.1) is 16.1 Å². The molecule has 1 rings (SSSR count). The highest BCUT2D eigenvalue weighted by molar-refractivity contribution is 6.32. The number of carbonyl (C=O) groups is 1. The van der Waals surface area contributed by atoms with Crippen LogP contribution in [0, 0.1) is 11.3 Å². The van der Waals surface area contributed by atoms with E-state index in [2.05, 4.69) is 4.74 Å². The van der Waals surface area contributed by atoms with Crippen LogP contribution in [-0.4, -0.2) is 12.1 Å². The summed E-state index contributed by atoms with van der Waals surface area (Å²) in [6.45, 7) is 1.02. The molecular weight excluding hydrogens is 259 g/mol. The second-order valence-electron chi connectivity index (χ2n) is 3.01. The molecule has 0 aliphatic carbocycles. The van der Waals surface area contributed by atoms with Crippen molar-refractivity contribution >= 4 is 17.4 Å². The fourth-order valence-corrected chi connectivity index (χ4v) is 1.43. The molecule has 0 aliphatic rings. The Balaban J connectivity index is 3.42. The molecule has 3 nitrogen and oxygen atoms in total. The fraction of sp³-hybridized carbons (Fsp3) is 0.200. The second kappa shape index (κ2) is 4.63. The van der Waals surface area contributed by atoms with Crippen molar-refractivity contribution in [2.24, 2.45) is 0 Å². The topological polar surface area (TPSA) is 50.1 Å². The van der Waals surface area contributed by atoms with Crippen LogP contribution >= 0.6 is 11.6 Å². The number of Topliss-reactive ketones (excluding diaryl/α,β-unsaturated/α-hetero) is 1. The van der Waals surface area contributed by atoms with Crippen LogP contribution in [0.5, 0.6) is 5.75 Å². The number of hydrogen-bond donors (Lipinski definition) is 0. The zero-order valence-electron chi connectivity index (χ0n) is 8.43. The van der Waals surface area contributed by atoms with Crippen molar-refractivity contribution in [1.29, 1.82) is 5.26 Å². The largest absolute Gasteiger partial charge is 0.573 e. The molecular formula is C10H5ClF3NO2. The third-order valence-corrected chi connectivity index (χ3v) is 2.12. The van der Waals surface area contributed by atoms with Gasteiger partial charge in [0.25, 0.3) is 0 Å². The standard InChI is InChI=1S/C10H5ClF3NO2/c1-5(16)9-6(4-15)7(11)2-3-8(9)17-10(12,13)14/h2-3H,1H3. The van der Waals surface area contributed by atoms with E-state index >= 15 is 0 Å². The van der Waals surface area contributed by atoms with Gasteiger partial charge in [-0.05, 0) is 19.1 Å². The lowest BCUT2D eigenvalue weighted by molar-refractivity contribution is -0.274. The van der Waals surface area contributed by atoms with E-state index in [0.717, 1.165) is 19.1 Å². The quantitative estimate of drug-likeness (QED) is 0.769. The molecule has 0 heterocycles. The molecule has 0 unspecified atom stereocenters. The maximum absolute atomic E-state index is 12.1. The number of rotatable bonds is 2. The Morgan fingerprint density at radius 1 is 1.47 bits per heavy atom. The average Bonchev–Trinajstić information content (AvgIpc) is 2.17. The summed E-state index contributed by atoms with van der Waals surface area (Å²) >= 11 is 5.61. The molecule has 0 spiro atoms. The molecule has 0 N–H and O–H groups in total. The minimum atomic E-state index is -4.94. The first-order chi connectivity index (χ1) is 7.76. The molecule has 0 fully saturated rings. The zero-order chi connectivity index (χ0) is 13.2. The Kier molecular flexibility index (Phi) is 3.63. The molecule has 0 saturated carbocycles. The normalized spacial score (nSPS) is 10.8. The summed E-state index contributed by atoms with van der Waals surface area (Å²) in [5.41, 5.74) is -0.807. The smallest absolute Gasteiger partial charge is 0.405 e. The van der Waals surface area contributed by atoms with Crippen molar-refractivity contribution < 1.29 is 22.7 Å². The Labute approximate surface area is 99.4 Å². The molecule has 0 atom stereocenters. The van der Waals surface area contributed by atoms with Crippen molar-refractivity contribution in [2.75, 3.05) is 0 Å². The number of ether oxygens (including phenoxy) is 1. The first-order valence-corrected chi connectivity index (χ1v) is 4.63. The van der Waals surface area contributed by atoms with Gasteiger partial charge in [-0.25, -0.2) is 0 Å². The minimum absolute atomic E-state index is 0.104. The number of halogens is 4. The van der Waals surface area contributed by atoms with Gasteiger partial charge in [0.1, 0.15) is 11.8 Å². The Morgan fingerprint density at radius 2 is 2.06 bits per heavy atom. The van der Waals surface area contributed by atoms with Gasteiger partial charge in [0.2, 0.25) is 0 Å². The summed E-state index contributed by atoms with van der Waals surface area (Å²) in [4.78, 5) is 11.2. The number of nitriles is 1. The van der Waals surface area contributed by atoms with Crippen molar-refractivity contribution in [3.63, 3.8) is 0 Å². The van der Waals surface area contributed by atoms with Crippen LogP contribution in [0.15, 0.2) is 12.1 Å². The van der Waals surface area contributed by atoms with Gasteiger partial charge < -0.3 is 4.74 Å². The number of ketones is 1. The highest BCUT2D eigenvalue weighted by atomic mass is 35.5. The lowest BCUT2D eigenvalue weighted by Gasteiger charge is -2.13. The first kappa shape index (κ1) is 13.3. The zero-order valence-corrected chi connectivity index (χ0v) is 9.19. The van der Waals surface area contributed by atoms with Crippen molar-refractivity contribution in [3.8, 4) is 11.8 Å². The Bertz CT molecular complexity index is 505. The third kappa shape index (κ3) is 3.11. The molecule has 17 heavy (non-hydrogen) atoms. The number of alkyl halides is 3. The van der Waals surface area contributed by atoms with E-state index in [1.807, 2.05) is 0 Å². The molecule has 0 aliphatic heterocycles. The van der Waals surface area contributed by atoms with Gasteiger partial charge in [0.15, 0.2) is 5.78 Å². The lowest BCUT2D eigenvalue weighted by Crippen LogP contribution is -2.19. The number of benzene rings is 1. The molecule has 0 saturated heterocycles. The Morgan fingerprint density at radius 3 is 2.47 bits per heavy atom. The van der Waals surface area contributed by atoms with E-state index in [9.17, 15) is 18.0 Å². The predicted octanol–water partition coefficient (Wildman–Crippen LogP) is 3.31. The van der Waals surface area contributed by atoms with Crippen molar-refractivity contribution in [1.82, 2.24) is 0 Å². The molecule has 0 radical (unpaired) electrons. The minimum Gasteiger partial charge on any atom is -0.405 e. The first-order valence-electron chi connectivity index (χ1n) is 4.25. The van der Waals surface area contributed by atoms with Crippen LogP contribution < -0.4 is 4.74 Å². The average molecular weight is 264 g/mol. The number of nitrogens with zero attached hydrogens (tertiary/aromatic N) is 1. The second-order valence-corrected chi connectivity index (χ2v) is 3.42. The molecule has 0 amide bonds. The van der Waals surface area contributed by atoms with E-state index in [-0.39, 0.29) is 10.6 Å². The van der Waals surface area contributed by atoms with Crippen molar-refractivity contribution in [3.05, 3.63) is 28.3 Å². The van der Waals surface area contributed by atoms with Crippen LogP contribution in [0.4, 0.5) is 13.2 Å². The van der Waals surface area contributed by atoms with Crippen LogP contribution in [-0.2, 0) is 0 Å². The van der Waals surface area contributed by atoms with E-state index in [1.165, 1.54) is 0 Å². The van der Waals surface area contributed by atoms with Crippen LogP contribution in [0.25, 0.3) is 0 Å². The lowest BCUT2D eigenvalue weighted by atomic mass is 10.0. The molecule has 0 aromatic heterocycles. The maximum Gasteiger partial charge on any atom is 0.573 e. The third-order valence-electron chi connectivity index (χ3n) is 1.81. The van der Waals surface area contributed by atoms with Crippen LogP contribution in [0.2, 0.25) is 5.02 Å². The van der Waals surface area contributed by atoms with E-state index < -0.39 is 23.5 Å². The highest BCUT2D eigenvalue weighted by Crippen LogP contribution is 2.32. The maximum atomic E-state index is 12.1. The molecule has 1 aromatic rings. The summed E-state index contributed by atoms with van der Waals surface area (Å²) in [6.07, 6.45) is -4.94. The SMILES string of the molecule is CC(=O)c1c(OC(F)(F)F)ccc(Cl)c1C#N. The molecule has 0 bridgehead atoms. The van der Waals surface area contributed by atoms with Crippen molar-refractivity contribution in [2.45, 2.75) is 13.3 Å². The summed E-state index contributed by atoms with van der Waals surface area (Å²) in [5.74, 6) is -1.46. The van der Waals surface area contributed by atoms with Crippen LogP contribution in [0.3, 0.4) is 0 Å². The van der Waals surface area contributed by atoms with Gasteiger partial charge in [-0.1, -0.05) is 11.6 Å². The number of carbonyl (C=O) groups excluding carboxylic acids is 1. The molecule has 1 aromatic carbocycles. The molecule has 90 valence electrons. The van der Waals surface area contributed by atoms with Gasteiger partial charge >= 0.3 is 6.36 Å². The predicted molar refractivity (Wildman–Crippen MR) is 52.9 cm³/mol. The van der Waals surface area contributed by atoms with E-state index in [0.29, 0.717) is 0 Å². The summed E-state index contributed by atoms with van der Waals surface area (Å²) in [5, 5.41) is 8.64. The monoisotopic (exact) mass is 263 g/mol. The van der Waals surface area contributed by atoms with Gasteiger partial charge in [-0.2, -0.15) is 5.26 Å². The summed E-state index contributed by atoms with van der Waals surface area (Å²) in [7, 11) is 0. The van der Waals surface area contributed by atoms with Gasteiger partial charge in [-0.3, -0.25) is 4.79 Å². The highest BCUT2D eigenvalue weighted by Gasteiger charge is 2.33. The van der Waals surface area contributed by atoms with E-state index in [4.69, 9.17) is 16.9 Å². The summed E-state index contributed by atoms with van der Waals surface area (Å²) in [6, 6.07) is 3.53. The van der Waals surface area contributed by atoms with Gasteiger partial charge in [-0.15, -0.1) is 13.2 Å².